The Hall–Kier alpha value is -2.30. The van der Waals surface area contributed by atoms with Crippen LogP contribution < -0.4 is 10.3 Å². The van der Waals surface area contributed by atoms with Gasteiger partial charge in [-0.25, -0.2) is 4.79 Å². The van der Waals surface area contributed by atoms with Gasteiger partial charge < -0.3 is 14.5 Å². The summed E-state index contributed by atoms with van der Waals surface area (Å²) in [6, 6.07) is 4.82. The fourth-order valence-corrected chi connectivity index (χ4v) is 1.65. The molecule has 1 aromatic carbocycles. The van der Waals surface area contributed by atoms with Crippen molar-refractivity contribution in [1.82, 2.24) is 4.98 Å². The second kappa shape index (κ2) is 4.29. The number of ether oxygens (including phenoxy) is 2. The first-order chi connectivity index (χ1) is 8.17. The van der Waals surface area contributed by atoms with Crippen molar-refractivity contribution in [1.29, 1.82) is 0 Å². The molecule has 0 atom stereocenters. The number of carbonyl (C=O) groups excluding carboxylic acids is 1. The van der Waals surface area contributed by atoms with Gasteiger partial charge in [0.2, 0.25) is 0 Å². The van der Waals surface area contributed by atoms with Crippen LogP contribution in [0, 0.1) is 0 Å². The quantitative estimate of drug-likeness (QED) is 0.794. The first kappa shape index (κ1) is 11.2. The molecule has 0 spiro atoms. The Kier molecular flexibility index (Phi) is 2.82. The number of nitrogens with one attached hydrogen (secondary N) is 1. The number of H-pyrrole nitrogens is 1. The first-order valence-corrected chi connectivity index (χ1v) is 4.95. The molecule has 0 fully saturated rings. The fourth-order valence-electron chi connectivity index (χ4n) is 1.65. The standard InChI is InChI=1S/C12H11NO4/c1-16-10-6-8-7(3-4-13-11(8)14)5-9(10)12(15)17-2/h3-6H,1-2H3,(H,13,14). The van der Waals surface area contributed by atoms with Gasteiger partial charge in [-0.05, 0) is 23.6 Å². The zero-order valence-electron chi connectivity index (χ0n) is 9.44. The van der Waals surface area contributed by atoms with Crippen LogP contribution in [-0.4, -0.2) is 25.2 Å². The van der Waals surface area contributed by atoms with Crippen molar-refractivity contribution in [2.75, 3.05) is 14.2 Å². The van der Waals surface area contributed by atoms with E-state index in [9.17, 15) is 9.59 Å². The van der Waals surface area contributed by atoms with Crippen molar-refractivity contribution in [3.05, 3.63) is 40.3 Å². The topological polar surface area (TPSA) is 68.4 Å². The molecule has 0 bridgehead atoms. The molecule has 1 N–H and O–H groups in total. The summed E-state index contributed by atoms with van der Waals surface area (Å²) in [5, 5.41) is 1.13. The van der Waals surface area contributed by atoms with Gasteiger partial charge >= 0.3 is 5.97 Å². The molecule has 2 rings (SSSR count). The van der Waals surface area contributed by atoms with E-state index in [0.717, 1.165) is 0 Å². The number of aromatic amines is 1. The third-order valence-corrected chi connectivity index (χ3v) is 2.50. The van der Waals surface area contributed by atoms with E-state index >= 15 is 0 Å². The van der Waals surface area contributed by atoms with Gasteiger partial charge in [-0.2, -0.15) is 0 Å². The van der Waals surface area contributed by atoms with Crippen molar-refractivity contribution in [2.24, 2.45) is 0 Å². The Morgan fingerprint density at radius 1 is 1.29 bits per heavy atom. The highest BCUT2D eigenvalue weighted by atomic mass is 16.5. The molecule has 5 heteroatoms. The summed E-state index contributed by atoms with van der Waals surface area (Å²) in [5.41, 5.74) is 0.0744. The molecule has 0 saturated heterocycles. The van der Waals surface area contributed by atoms with E-state index in [-0.39, 0.29) is 5.56 Å². The van der Waals surface area contributed by atoms with E-state index in [4.69, 9.17) is 4.74 Å². The molecule has 0 aliphatic heterocycles. The highest BCUT2D eigenvalue weighted by molar-refractivity contribution is 5.98. The van der Waals surface area contributed by atoms with Crippen LogP contribution in [0.15, 0.2) is 29.2 Å². The predicted octanol–water partition coefficient (Wildman–Crippen LogP) is 1.32. The molecule has 0 aliphatic rings. The van der Waals surface area contributed by atoms with Crippen molar-refractivity contribution < 1.29 is 14.3 Å². The summed E-state index contributed by atoms with van der Waals surface area (Å²) in [6.07, 6.45) is 1.53. The van der Waals surface area contributed by atoms with Crippen LogP contribution in [0.3, 0.4) is 0 Å². The fraction of sp³-hybridized carbons (Fsp3) is 0.167. The van der Waals surface area contributed by atoms with Crippen LogP contribution in [0.5, 0.6) is 5.75 Å². The van der Waals surface area contributed by atoms with Gasteiger partial charge in [0.05, 0.1) is 19.6 Å². The molecule has 1 aromatic heterocycles. The smallest absolute Gasteiger partial charge is 0.341 e. The maximum Gasteiger partial charge on any atom is 0.341 e. The predicted molar refractivity (Wildman–Crippen MR) is 62.5 cm³/mol. The minimum Gasteiger partial charge on any atom is -0.496 e. The van der Waals surface area contributed by atoms with Crippen molar-refractivity contribution in [3.63, 3.8) is 0 Å². The molecule has 0 unspecified atom stereocenters. The summed E-state index contributed by atoms with van der Waals surface area (Å²) < 4.78 is 9.73. The maximum atomic E-state index is 11.6. The Balaban J connectivity index is 2.78. The molecule has 2 aromatic rings. The van der Waals surface area contributed by atoms with E-state index in [1.807, 2.05) is 0 Å². The lowest BCUT2D eigenvalue weighted by Crippen LogP contribution is -2.08. The third kappa shape index (κ3) is 1.87. The normalized spacial score (nSPS) is 10.2. The summed E-state index contributed by atoms with van der Waals surface area (Å²) in [5.74, 6) is -0.176. The van der Waals surface area contributed by atoms with Gasteiger partial charge in [0, 0.05) is 6.20 Å². The number of benzene rings is 1. The van der Waals surface area contributed by atoms with E-state index in [1.54, 1.807) is 12.1 Å². The molecule has 1 heterocycles. The Labute approximate surface area is 97.0 Å². The SMILES string of the molecule is COC(=O)c1cc2cc[nH]c(=O)c2cc1OC. The molecule has 0 amide bonds. The number of fused-ring (bicyclic) bond motifs is 1. The largest absolute Gasteiger partial charge is 0.496 e. The zero-order chi connectivity index (χ0) is 12.4. The Morgan fingerprint density at radius 3 is 2.71 bits per heavy atom. The maximum absolute atomic E-state index is 11.6. The average Bonchev–Trinajstić information content (AvgIpc) is 2.37. The van der Waals surface area contributed by atoms with E-state index in [0.29, 0.717) is 22.1 Å². The molecular formula is C12H11NO4. The first-order valence-electron chi connectivity index (χ1n) is 4.95. The number of carbonyl (C=O) groups is 1. The number of aromatic nitrogens is 1. The van der Waals surface area contributed by atoms with E-state index < -0.39 is 5.97 Å². The summed E-state index contributed by atoms with van der Waals surface area (Å²) >= 11 is 0. The van der Waals surface area contributed by atoms with Gasteiger partial charge in [-0.1, -0.05) is 0 Å². The second-order valence-corrected chi connectivity index (χ2v) is 3.44. The number of hydrogen-bond donors (Lipinski definition) is 1. The third-order valence-electron chi connectivity index (χ3n) is 2.50. The van der Waals surface area contributed by atoms with Crippen molar-refractivity contribution in [3.8, 4) is 5.75 Å². The van der Waals surface area contributed by atoms with Gasteiger partial charge in [0.25, 0.3) is 5.56 Å². The molecule has 17 heavy (non-hydrogen) atoms. The summed E-state index contributed by atoms with van der Waals surface area (Å²) in [7, 11) is 2.73. The van der Waals surface area contributed by atoms with E-state index in [1.165, 1.54) is 26.5 Å². The molecule has 0 radical (unpaired) electrons. The van der Waals surface area contributed by atoms with Crippen LogP contribution in [0.2, 0.25) is 0 Å². The van der Waals surface area contributed by atoms with Crippen molar-refractivity contribution >= 4 is 16.7 Å². The van der Waals surface area contributed by atoms with Gasteiger partial charge in [-0.15, -0.1) is 0 Å². The molecule has 5 nitrogen and oxygen atoms in total. The minimum absolute atomic E-state index is 0.225. The number of pyridine rings is 1. The lowest BCUT2D eigenvalue weighted by atomic mass is 10.1. The highest BCUT2D eigenvalue weighted by Gasteiger charge is 2.14. The number of rotatable bonds is 2. The van der Waals surface area contributed by atoms with Crippen LogP contribution in [0.1, 0.15) is 10.4 Å². The van der Waals surface area contributed by atoms with Crippen LogP contribution in [-0.2, 0) is 4.74 Å². The second-order valence-electron chi connectivity index (χ2n) is 3.44. The van der Waals surface area contributed by atoms with Crippen LogP contribution >= 0.6 is 0 Å². The molecule has 0 saturated carbocycles. The minimum atomic E-state index is -0.496. The zero-order valence-corrected chi connectivity index (χ0v) is 9.44. The average molecular weight is 233 g/mol. The lowest BCUT2D eigenvalue weighted by Gasteiger charge is -2.08. The van der Waals surface area contributed by atoms with Gasteiger partial charge in [0.15, 0.2) is 0 Å². The monoisotopic (exact) mass is 233 g/mol. The lowest BCUT2D eigenvalue weighted by molar-refractivity contribution is 0.0597. The van der Waals surface area contributed by atoms with E-state index in [2.05, 4.69) is 9.72 Å². The van der Waals surface area contributed by atoms with Gasteiger partial charge in [-0.3, -0.25) is 4.79 Å². The highest BCUT2D eigenvalue weighted by Crippen LogP contribution is 2.24. The molecule has 0 aliphatic carbocycles. The van der Waals surface area contributed by atoms with Crippen molar-refractivity contribution in [2.45, 2.75) is 0 Å². The van der Waals surface area contributed by atoms with Crippen LogP contribution in [0.25, 0.3) is 10.8 Å². The number of esters is 1. The summed E-state index contributed by atoms with van der Waals surface area (Å²) in [4.78, 5) is 25.7. The number of methoxy groups -OCH3 is 2. The van der Waals surface area contributed by atoms with Crippen LogP contribution in [0.4, 0.5) is 0 Å². The Bertz CT molecular complexity index is 630. The molecular weight excluding hydrogens is 222 g/mol. The van der Waals surface area contributed by atoms with Gasteiger partial charge in [0.1, 0.15) is 11.3 Å². The molecule has 88 valence electrons. The number of hydrogen-bond acceptors (Lipinski definition) is 4. The Morgan fingerprint density at radius 2 is 2.06 bits per heavy atom. The summed E-state index contributed by atoms with van der Waals surface area (Å²) in [6.45, 7) is 0.